The van der Waals surface area contributed by atoms with Crippen molar-refractivity contribution in [3.63, 3.8) is 0 Å². The van der Waals surface area contributed by atoms with Crippen LogP contribution in [0.5, 0.6) is 0 Å². The second kappa shape index (κ2) is 9.99. The fourth-order valence-corrected chi connectivity index (χ4v) is 7.19. The summed E-state index contributed by atoms with van der Waals surface area (Å²) in [6.07, 6.45) is 5.71. The van der Waals surface area contributed by atoms with Crippen molar-refractivity contribution in [2.24, 2.45) is 5.73 Å². The Labute approximate surface area is 226 Å². The zero-order chi connectivity index (χ0) is 27.1. The molecule has 0 bridgehead atoms. The van der Waals surface area contributed by atoms with Crippen LogP contribution in [-0.4, -0.2) is 91.0 Å². The number of hydrogen-bond donors (Lipinski definition) is 2. The number of nitrogens with zero attached hydrogens (tertiary/aromatic N) is 4. The Morgan fingerprint density at radius 2 is 1.76 bits per heavy atom. The van der Waals surface area contributed by atoms with Gasteiger partial charge >= 0.3 is 0 Å². The van der Waals surface area contributed by atoms with Gasteiger partial charge < -0.3 is 16.0 Å². The lowest BCUT2D eigenvalue weighted by Crippen LogP contribution is -2.60. The monoisotopic (exact) mass is 556 g/mol. The van der Waals surface area contributed by atoms with Crippen LogP contribution in [0.3, 0.4) is 0 Å². The van der Waals surface area contributed by atoms with E-state index in [1.54, 1.807) is 12.2 Å². The highest BCUT2D eigenvalue weighted by molar-refractivity contribution is 7.90. The Bertz CT molecular complexity index is 1410. The number of carbonyl (C=O) groups is 2. The van der Waals surface area contributed by atoms with Crippen LogP contribution in [-0.2, 0) is 25.0 Å². The van der Waals surface area contributed by atoms with E-state index in [-0.39, 0.29) is 23.7 Å². The van der Waals surface area contributed by atoms with E-state index in [0.717, 1.165) is 38.0 Å². The predicted octanol–water partition coefficient (Wildman–Crippen LogP) is 1.08. The summed E-state index contributed by atoms with van der Waals surface area (Å²) in [4.78, 5) is 30.9. The van der Waals surface area contributed by atoms with Crippen molar-refractivity contribution < 1.29 is 18.0 Å². The van der Waals surface area contributed by atoms with E-state index in [0.29, 0.717) is 28.4 Å². The molecule has 2 aromatic rings. The lowest BCUT2D eigenvalue weighted by atomic mass is 9.79. The van der Waals surface area contributed by atoms with Crippen LogP contribution in [0, 0.1) is 0 Å². The van der Waals surface area contributed by atoms with Gasteiger partial charge in [-0.15, -0.1) is 10.2 Å². The van der Waals surface area contributed by atoms with Crippen LogP contribution in [0.25, 0.3) is 10.6 Å². The Hall–Kier alpha value is -2.93. The molecule has 10 nitrogen and oxygen atoms in total. The van der Waals surface area contributed by atoms with E-state index in [1.165, 1.54) is 11.3 Å². The molecule has 1 aromatic heterocycles. The molecule has 5 rings (SSSR count). The van der Waals surface area contributed by atoms with Crippen LogP contribution in [0.1, 0.15) is 24.3 Å². The number of sulfone groups is 1. The van der Waals surface area contributed by atoms with Gasteiger partial charge in [0.2, 0.25) is 11.8 Å². The molecule has 1 atom stereocenters. The van der Waals surface area contributed by atoms with E-state index in [2.05, 4.69) is 32.4 Å². The van der Waals surface area contributed by atoms with Gasteiger partial charge in [-0.1, -0.05) is 53.8 Å². The van der Waals surface area contributed by atoms with Crippen molar-refractivity contribution in [1.29, 1.82) is 0 Å². The topological polar surface area (TPSA) is 139 Å². The lowest BCUT2D eigenvalue weighted by Gasteiger charge is -2.42. The minimum Gasteiger partial charge on any atom is -0.366 e. The van der Waals surface area contributed by atoms with Crippen molar-refractivity contribution in [2.75, 3.05) is 45.2 Å². The highest BCUT2D eigenvalue weighted by atomic mass is 32.2. The molecule has 2 amide bonds. The molecule has 2 heterocycles. The average Bonchev–Trinajstić information content (AvgIpc) is 3.54. The molecule has 1 aromatic carbocycles. The van der Waals surface area contributed by atoms with Gasteiger partial charge in [0.1, 0.15) is 21.1 Å². The maximum Gasteiger partial charge on any atom is 0.244 e. The molecule has 2 aliphatic carbocycles. The summed E-state index contributed by atoms with van der Waals surface area (Å²) in [7, 11) is -1.43. The largest absolute Gasteiger partial charge is 0.366 e. The van der Waals surface area contributed by atoms with Crippen molar-refractivity contribution in [1.82, 2.24) is 25.3 Å². The van der Waals surface area contributed by atoms with E-state index >= 15 is 0 Å². The standard InChI is InChI=1S/C26H32N6O4S2/c1-31-12-14-32(15-13-31)25(10-11-25)23(34)28-26(24-30-29-22(37-24)18-6-4-3-5-7-18)16-19(21(27)33)8-9-20(26)17-38(2,35)36/h3-9H,10-17H2,1-2H3,(H2,27,33)(H,28,34). The summed E-state index contributed by atoms with van der Waals surface area (Å²) >= 11 is 1.27. The molecule has 3 aliphatic rings. The lowest BCUT2D eigenvalue weighted by molar-refractivity contribution is -0.131. The molecular formula is C26H32N6O4S2. The molecule has 1 aliphatic heterocycles. The van der Waals surface area contributed by atoms with Gasteiger partial charge in [0.25, 0.3) is 0 Å². The molecule has 1 unspecified atom stereocenters. The summed E-state index contributed by atoms with van der Waals surface area (Å²) in [5.41, 5.74) is 5.22. The number of amides is 2. The molecule has 202 valence electrons. The van der Waals surface area contributed by atoms with E-state index < -0.39 is 26.8 Å². The molecule has 1 saturated carbocycles. The number of likely N-dealkylation sites (N-methyl/N-ethyl adjacent to an activating group) is 1. The normalized spacial score (nSPS) is 23.8. The number of allylic oxidation sites excluding steroid dienone is 2. The number of primary amides is 1. The number of benzene rings is 1. The Balaban J connectivity index is 1.58. The third-order valence-corrected chi connectivity index (χ3v) is 9.59. The van der Waals surface area contributed by atoms with Crippen molar-refractivity contribution >= 4 is 33.0 Å². The first-order valence-electron chi connectivity index (χ1n) is 12.6. The number of nitrogens with two attached hydrogens (primary N) is 1. The fourth-order valence-electron chi connectivity index (χ4n) is 5.26. The molecule has 2 fully saturated rings. The molecule has 38 heavy (non-hydrogen) atoms. The van der Waals surface area contributed by atoms with Crippen LogP contribution in [0.4, 0.5) is 0 Å². The minimum atomic E-state index is -3.49. The number of carbonyl (C=O) groups excluding carboxylic acids is 2. The average molecular weight is 557 g/mol. The third kappa shape index (κ3) is 5.18. The smallest absolute Gasteiger partial charge is 0.244 e. The maximum atomic E-state index is 14.1. The first kappa shape index (κ1) is 26.7. The summed E-state index contributed by atoms with van der Waals surface area (Å²) < 4.78 is 25.0. The summed E-state index contributed by atoms with van der Waals surface area (Å²) in [5, 5.41) is 13.1. The molecule has 0 spiro atoms. The highest BCUT2D eigenvalue weighted by Gasteiger charge is 2.57. The predicted molar refractivity (Wildman–Crippen MR) is 146 cm³/mol. The second-order valence-electron chi connectivity index (χ2n) is 10.5. The van der Waals surface area contributed by atoms with E-state index in [1.807, 2.05) is 30.3 Å². The van der Waals surface area contributed by atoms with Crippen LogP contribution in [0.15, 0.2) is 53.6 Å². The minimum absolute atomic E-state index is 0.00231. The zero-order valence-electron chi connectivity index (χ0n) is 21.5. The van der Waals surface area contributed by atoms with Crippen molar-refractivity contribution in [3.8, 4) is 10.6 Å². The number of hydrogen-bond acceptors (Lipinski definition) is 9. The number of piperazine rings is 1. The SMILES string of the molecule is CN1CCN(C2(C(=O)NC3(c4nnc(-c5ccccc5)s4)CC(C(N)=O)=CC=C3CS(C)(=O)=O)CC2)CC1. The molecule has 0 radical (unpaired) electrons. The van der Waals surface area contributed by atoms with Crippen LogP contribution < -0.4 is 11.1 Å². The number of nitrogens with one attached hydrogen (secondary N) is 1. The fraction of sp³-hybridized carbons (Fsp3) is 0.462. The summed E-state index contributed by atoms with van der Waals surface area (Å²) in [6, 6.07) is 9.50. The van der Waals surface area contributed by atoms with Gasteiger partial charge in [0, 0.05) is 50.0 Å². The summed E-state index contributed by atoms with van der Waals surface area (Å²) in [6.45, 7) is 3.27. The highest BCUT2D eigenvalue weighted by Crippen LogP contribution is 2.47. The van der Waals surface area contributed by atoms with Crippen LogP contribution in [0.2, 0.25) is 0 Å². The van der Waals surface area contributed by atoms with Gasteiger partial charge in [-0.05, 0) is 25.5 Å². The first-order valence-corrected chi connectivity index (χ1v) is 15.4. The first-order chi connectivity index (χ1) is 18.0. The van der Waals surface area contributed by atoms with Gasteiger partial charge in [-0.25, -0.2) is 8.42 Å². The number of aromatic nitrogens is 2. The van der Waals surface area contributed by atoms with Gasteiger partial charge in [0.15, 0.2) is 9.84 Å². The van der Waals surface area contributed by atoms with Gasteiger partial charge in [-0.3, -0.25) is 14.5 Å². The maximum absolute atomic E-state index is 14.1. The Kier molecular flexibility index (Phi) is 7.01. The quantitative estimate of drug-likeness (QED) is 0.493. The summed E-state index contributed by atoms with van der Waals surface area (Å²) in [5.74, 6) is -1.13. The number of rotatable bonds is 8. The van der Waals surface area contributed by atoms with E-state index in [4.69, 9.17) is 5.73 Å². The third-order valence-electron chi connectivity index (χ3n) is 7.62. The Morgan fingerprint density at radius 1 is 1.08 bits per heavy atom. The van der Waals surface area contributed by atoms with E-state index in [9.17, 15) is 18.0 Å². The van der Waals surface area contributed by atoms with Crippen LogP contribution >= 0.6 is 11.3 Å². The van der Waals surface area contributed by atoms with Gasteiger partial charge in [-0.2, -0.15) is 0 Å². The second-order valence-corrected chi connectivity index (χ2v) is 13.6. The Morgan fingerprint density at radius 3 is 2.37 bits per heavy atom. The van der Waals surface area contributed by atoms with Crippen molar-refractivity contribution in [2.45, 2.75) is 30.3 Å². The molecule has 1 saturated heterocycles. The molecule has 3 N–H and O–H groups in total. The zero-order valence-corrected chi connectivity index (χ0v) is 23.1. The van der Waals surface area contributed by atoms with Gasteiger partial charge in [0.05, 0.1) is 5.75 Å². The molecule has 12 heteroatoms. The van der Waals surface area contributed by atoms with Crippen molar-refractivity contribution in [3.05, 3.63) is 58.6 Å². The molecular weight excluding hydrogens is 524 g/mol.